The normalized spacial score (nSPS) is 18.8. The van der Waals surface area contributed by atoms with E-state index in [0.717, 1.165) is 12.0 Å². The molecule has 0 bridgehead atoms. The van der Waals surface area contributed by atoms with E-state index in [0.29, 0.717) is 25.1 Å². The molecule has 1 aromatic heterocycles. The lowest BCUT2D eigenvalue weighted by atomic mass is 10.0. The molecule has 1 aliphatic heterocycles. The molecule has 6 heteroatoms. The molecule has 1 aliphatic rings. The highest BCUT2D eigenvalue weighted by Crippen LogP contribution is 2.24. The van der Waals surface area contributed by atoms with Gasteiger partial charge in [-0.25, -0.2) is 4.98 Å². The Labute approximate surface area is 104 Å². The molecule has 100 valence electrons. The maximum absolute atomic E-state index is 12.0. The van der Waals surface area contributed by atoms with Crippen LogP contribution in [0, 0.1) is 0 Å². The Kier molecular flexibility index (Phi) is 4.43. The number of alkyl halides is 2. The minimum atomic E-state index is -2.86. The van der Waals surface area contributed by atoms with Gasteiger partial charge in [0.05, 0.1) is 18.4 Å². The molecule has 4 nitrogen and oxygen atoms in total. The number of ether oxygens (including phenoxy) is 2. The SMILES string of the molecule is OCCC[C@H]1Cc2ccc(OC(F)F)nc2CO1. The van der Waals surface area contributed by atoms with E-state index in [-0.39, 0.29) is 18.6 Å². The molecule has 0 radical (unpaired) electrons. The van der Waals surface area contributed by atoms with Crippen molar-refractivity contribution in [3.63, 3.8) is 0 Å². The first kappa shape index (κ1) is 13.2. The fourth-order valence-corrected chi connectivity index (χ4v) is 1.98. The highest BCUT2D eigenvalue weighted by atomic mass is 19.3. The third kappa shape index (κ3) is 3.36. The van der Waals surface area contributed by atoms with Gasteiger partial charge in [-0.2, -0.15) is 8.78 Å². The van der Waals surface area contributed by atoms with Crippen molar-refractivity contribution in [2.24, 2.45) is 0 Å². The molecular weight excluding hydrogens is 244 g/mol. The Morgan fingerprint density at radius 2 is 2.33 bits per heavy atom. The van der Waals surface area contributed by atoms with E-state index < -0.39 is 6.61 Å². The number of aliphatic hydroxyl groups is 1. The molecule has 0 fully saturated rings. The van der Waals surface area contributed by atoms with Crippen LogP contribution in [0.4, 0.5) is 8.78 Å². The second-order valence-corrected chi connectivity index (χ2v) is 4.14. The van der Waals surface area contributed by atoms with Crippen LogP contribution < -0.4 is 4.74 Å². The number of nitrogens with zero attached hydrogens (tertiary/aromatic N) is 1. The molecule has 0 aliphatic carbocycles. The summed E-state index contributed by atoms with van der Waals surface area (Å²) in [5.41, 5.74) is 1.64. The predicted molar refractivity (Wildman–Crippen MR) is 59.5 cm³/mol. The number of hydrogen-bond donors (Lipinski definition) is 1. The average molecular weight is 259 g/mol. The highest BCUT2D eigenvalue weighted by Gasteiger charge is 2.20. The molecular formula is C12H15F2NO3. The fourth-order valence-electron chi connectivity index (χ4n) is 1.98. The van der Waals surface area contributed by atoms with E-state index in [4.69, 9.17) is 9.84 Å². The zero-order valence-electron chi connectivity index (χ0n) is 9.81. The Hall–Kier alpha value is -1.27. The number of aliphatic hydroxyl groups excluding tert-OH is 1. The van der Waals surface area contributed by atoms with Gasteiger partial charge in [0.25, 0.3) is 0 Å². The van der Waals surface area contributed by atoms with Crippen molar-refractivity contribution in [1.29, 1.82) is 0 Å². The summed E-state index contributed by atoms with van der Waals surface area (Å²) in [5, 5.41) is 8.76. The first-order valence-electron chi connectivity index (χ1n) is 5.85. The van der Waals surface area contributed by atoms with Crippen LogP contribution in [0.25, 0.3) is 0 Å². The highest BCUT2D eigenvalue weighted by molar-refractivity contribution is 5.27. The molecule has 0 saturated carbocycles. The molecule has 0 unspecified atom stereocenters. The summed E-state index contributed by atoms with van der Waals surface area (Å²) in [6.07, 6.45) is 2.23. The van der Waals surface area contributed by atoms with E-state index in [1.54, 1.807) is 6.07 Å². The Balaban J connectivity index is 2.01. The first-order chi connectivity index (χ1) is 8.69. The number of pyridine rings is 1. The summed E-state index contributed by atoms with van der Waals surface area (Å²) in [6.45, 7) is -2.42. The third-order valence-corrected chi connectivity index (χ3v) is 2.84. The van der Waals surface area contributed by atoms with Crippen LogP contribution in [0.2, 0.25) is 0 Å². The van der Waals surface area contributed by atoms with Crippen molar-refractivity contribution in [1.82, 2.24) is 4.98 Å². The zero-order valence-corrected chi connectivity index (χ0v) is 9.81. The van der Waals surface area contributed by atoms with Gasteiger partial charge in [-0.1, -0.05) is 6.07 Å². The lowest BCUT2D eigenvalue weighted by molar-refractivity contribution is -0.0536. The number of rotatable bonds is 5. The summed E-state index contributed by atoms with van der Waals surface area (Å²) in [7, 11) is 0. The molecule has 0 amide bonds. The molecule has 1 aromatic rings. The molecule has 1 atom stereocenters. The Morgan fingerprint density at radius 1 is 1.50 bits per heavy atom. The van der Waals surface area contributed by atoms with Crippen LogP contribution >= 0.6 is 0 Å². The van der Waals surface area contributed by atoms with Crippen molar-refractivity contribution < 1.29 is 23.4 Å². The number of hydrogen-bond acceptors (Lipinski definition) is 4. The van der Waals surface area contributed by atoms with E-state index >= 15 is 0 Å². The Morgan fingerprint density at radius 3 is 3.06 bits per heavy atom. The van der Waals surface area contributed by atoms with Crippen molar-refractivity contribution in [3.8, 4) is 5.88 Å². The van der Waals surface area contributed by atoms with E-state index in [1.807, 2.05) is 0 Å². The number of fused-ring (bicyclic) bond motifs is 1. The van der Waals surface area contributed by atoms with Gasteiger partial charge in [-0.15, -0.1) is 0 Å². The molecule has 1 N–H and O–H groups in total. The van der Waals surface area contributed by atoms with E-state index in [1.165, 1.54) is 6.07 Å². The van der Waals surface area contributed by atoms with Crippen LogP contribution in [0.1, 0.15) is 24.1 Å². The molecule has 2 rings (SSSR count). The van der Waals surface area contributed by atoms with Gasteiger partial charge in [-0.05, 0) is 18.4 Å². The van der Waals surface area contributed by atoms with Crippen LogP contribution in [0.15, 0.2) is 12.1 Å². The van der Waals surface area contributed by atoms with Crippen LogP contribution in [-0.4, -0.2) is 29.4 Å². The summed E-state index contributed by atoms with van der Waals surface area (Å²) >= 11 is 0. The summed E-state index contributed by atoms with van der Waals surface area (Å²) in [6, 6.07) is 3.19. The van der Waals surface area contributed by atoms with Gasteiger partial charge in [0, 0.05) is 19.1 Å². The largest absolute Gasteiger partial charge is 0.417 e. The minimum absolute atomic E-state index is 0.0633. The molecule has 0 saturated heterocycles. The Bertz CT molecular complexity index is 401. The summed E-state index contributed by atoms with van der Waals surface area (Å²) in [4.78, 5) is 3.99. The predicted octanol–water partition coefficient (Wildman–Crippen LogP) is 1.90. The van der Waals surface area contributed by atoms with Crippen LogP contribution in [0.5, 0.6) is 5.88 Å². The molecule has 18 heavy (non-hydrogen) atoms. The first-order valence-corrected chi connectivity index (χ1v) is 5.85. The van der Waals surface area contributed by atoms with E-state index in [9.17, 15) is 8.78 Å². The quantitative estimate of drug-likeness (QED) is 0.877. The smallest absolute Gasteiger partial charge is 0.388 e. The second kappa shape index (κ2) is 6.06. The van der Waals surface area contributed by atoms with Crippen molar-refractivity contribution in [2.45, 2.75) is 38.6 Å². The maximum atomic E-state index is 12.0. The minimum Gasteiger partial charge on any atom is -0.417 e. The molecule has 2 heterocycles. The number of halogens is 2. The van der Waals surface area contributed by atoms with Gasteiger partial charge >= 0.3 is 6.61 Å². The summed E-state index contributed by atoms with van der Waals surface area (Å²) < 4.78 is 33.9. The van der Waals surface area contributed by atoms with Crippen LogP contribution in [0.3, 0.4) is 0 Å². The molecule has 0 aromatic carbocycles. The van der Waals surface area contributed by atoms with Crippen LogP contribution in [-0.2, 0) is 17.8 Å². The van der Waals surface area contributed by atoms with Gasteiger partial charge < -0.3 is 14.6 Å². The van der Waals surface area contributed by atoms with Gasteiger partial charge in [0.1, 0.15) is 0 Å². The van der Waals surface area contributed by atoms with Gasteiger partial charge in [-0.3, -0.25) is 0 Å². The standard InChI is InChI=1S/C12H15F2NO3/c13-12(14)18-11-4-3-8-6-9(2-1-5-16)17-7-10(8)15-11/h3-4,9,12,16H,1-2,5-7H2/t9-/m0/s1. The van der Waals surface area contributed by atoms with Gasteiger partial charge in [0.2, 0.25) is 5.88 Å². The zero-order chi connectivity index (χ0) is 13.0. The maximum Gasteiger partial charge on any atom is 0.388 e. The number of aromatic nitrogens is 1. The van der Waals surface area contributed by atoms with Crippen molar-refractivity contribution in [3.05, 3.63) is 23.4 Å². The van der Waals surface area contributed by atoms with Crippen molar-refractivity contribution >= 4 is 0 Å². The monoisotopic (exact) mass is 259 g/mol. The lowest BCUT2D eigenvalue weighted by Crippen LogP contribution is -2.23. The second-order valence-electron chi connectivity index (χ2n) is 4.14. The average Bonchev–Trinajstić information content (AvgIpc) is 2.35. The topological polar surface area (TPSA) is 51.6 Å². The van der Waals surface area contributed by atoms with Gasteiger partial charge in [0.15, 0.2) is 0 Å². The lowest BCUT2D eigenvalue weighted by Gasteiger charge is -2.24. The third-order valence-electron chi connectivity index (χ3n) is 2.84. The summed E-state index contributed by atoms with van der Waals surface area (Å²) in [5.74, 6) is -0.0823. The molecule has 0 spiro atoms. The van der Waals surface area contributed by atoms with Crippen molar-refractivity contribution in [2.75, 3.05) is 6.61 Å². The van der Waals surface area contributed by atoms with E-state index in [2.05, 4.69) is 9.72 Å². The fraction of sp³-hybridized carbons (Fsp3) is 0.583.